The minimum absolute atomic E-state index is 0.178. The smallest absolute Gasteiger partial charge is 0.411 e. The minimum Gasteiger partial charge on any atom is -0.478 e. The second kappa shape index (κ2) is 6.44. The number of hydrogen-bond donors (Lipinski definition) is 2. The quantitative estimate of drug-likeness (QED) is 0.804. The van der Waals surface area contributed by atoms with Crippen molar-refractivity contribution in [3.8, 4) is 0 Å². The first kappa shape index (κ1) is 13.8. The summed E-state index contributed by atoms with van der Waals surface area (Å²) in [6.45, 7) is 3.53. The maximum Gasteiger partial charge on any atom is 0.411 e. The van der Waals surface area contributed by atoms with Crippen LogP contribution in [0.2, 0.25) is 0 Å². The minimum atomic E-state index is -1.00. The lowest BCUT2D eigenvalue weighted by Crippen LogP contribution is -2.17. The van der Waals surface area contributed by atoms with E-state index in [1.807, 2.05) is 0 Å². The van der Waals surface area contributed by atoms with Gasteiger partial charge in [-0.3, -0.25) is 5.32 Å². The van der Waals surface area contributed by atoms with Crippen molar-refractivity contribution in [1.29, 1.82) is 0 Å². The summed E-state index contributed by atoms with van der Waals surface area (Å²) in [5, 5.41) is 11.0. The van der Waals surface area contributed by atoms with Gasteiger partial charge in [-0.2, -0.15) is 0 Å². The first-order valence-corrected chi connectivity index (χ1v) is 5.46. The molecular weight excluding hydrogens is 234 g/mol. The highest BCUT2D eigenvalue weighted by molar-refractivity contribution is 5.86. The van der Waals surface area contributed by atoms with E-state index in [2.05, 4.69) is 5.32 Å². The van der Waals surface area contributed by atoms with Gasteiger partial charge in [-0.1, -0.05) is 12.1 Å². The third-order valence-corrected chi connectivity index (χ3v) is 1.92. The number of hydrogen-bond acceptors (Lipinski definition) is 3. The van der Waals surface area contributed by atoms with Crippen LogP contribution in [0.3, 0.4) is 0 Å². The highest BCUT2D eigenvalue weighted by atomic mass is 16.6. The van der Waals surface area contributed by atoms with Crippen molar-refractivity contribution >= 4 is 23.8 Å². The summed E-state index contributed by atoms with van der Waals surface area (Å²) < 4.78 is 4.92. The average Bonchev–Trinajstić information content (AvgIpc) is 2.26. The fourth-order valence-electron chi connectivity index (χ4n) is 1.21. The van der Waals surface area contributed by atoms with Gasteiger partial charge in [0.05, 0.1) is 6.10 Å². The maximum absolute atomic E-state index is 11.3. The molecule has 0 aliphatic heterocycles. The van der Waals surface area contributed by atoms with Crippen LogP contribution < -0.4 is 5.32 Å². The molecule has 0 radical (unpaired) electrons. The van der Waals surface area contributed by atoms with Crippen LogP contribution in [-0.2, 0) is 9.53 Å². The Labute approximate surface area is 105 Å². The van der Waals surface area contributed by atoms with Gasteiger partial charge < -0.3 is 9.84 Å². The zero-order chi connectivity index (χ0) is 13.5. The van der Waals surface area contributed by atoms with Gasteiger partial charge >= 0.3 is 12.1 Å². The summed E-state index contributed by atoms with van der Waals surface area (Å²) in [4.78, 5) is 21.6. The predicted octanol–water partition coefficient (Wildman–Crippen LogP) is 2.74. The van der Waals surface area contributed by atoms with E-state index in [-0.39, 0.29) is 6.10 Å². The molecule has 1 aromatic carbocycles. The number of carbonyl (C=O) groups excluding carboxylic acids is 1. The number of carboxylic acid groups (broad SMARTS) is 1. The van der Waals surface area contributed by atoms with Crippen molar-refractivity contribution in [2.24, 2.45) is 0 Å². The standard InChI is InChI=1S/C13H15NO4/c1-9(2)18-13(17)14-11-6-3-10(4-7-11)5-8-12(15)16/h3-9H,1-2H3,(H,14,17)(H,15,16). The fourth-order valence-corrected chi connectivity index (χ4v) is 1.21. The summed E-state index contributed by atoms with van der Waals surface area (Å²) in [5.74, 6) is -1.00. The summed E-state index contributed by atoms with van der Waals surface area (Å²) in [6.07, 6.45) is 1.83. The number of aliphatic carboxylic acids is 1. The van der Waals surface area contributed by atoms with E-state index in [0.717, 1.165) is 11.6 Å². The van der Waals surface area contributed by atoms with Crippen LogP contribution in [0.25, 0.3) is 6.08 Å². The molecule has 0 atom stereocenters. The highest BCUT2D eigenvalue weighted by Crippen LogP contribution is 2.11. The third-order valence-electron chi connectivity index (χ3n) is 1.92. The predicted molar refractivity (Wildman–Crippen MR) is 68.4 cm³/mol. The number of rotatable bonds is 4. The molecule has 0 unspecified atom stereocenters. The molecule has 0 spiro atoms. The van der Waals surface area contributed by atoms with Crippen LogP contribution in [0.15, 0.2) is 30.3 Å². The molecule has 1 amide bonds. The number of amides is 1. The molecule has 0 aliphatic rings. The molecule has 2 N–H and O–H groups in total. The molecule has 1 rings (SSSR count). The molecule has 5 nitrogen and oxygen atoms in total. The molecule has 0 saturated heterocycles. The number of carboxylic acids is 1. The molecule has 18 heavy (non-hydrogen) atoms. The maximum atomic E-state index is 11.3. The van der Waals surface area contributed by atoms with Gasteiger partial charge in [-0.25, -0.2) is 9.59 Å². The first-order valence-electron chi connectivity index (χ1n) is 5.46. The molecule has 0 heterocycles. The first-order chi connectivity index (χ1) is 8.47. The number of carbonyl (C=O) groups is 2. The van der Waals surface area contributed by atoms with Crippen molar-refractivity contribution in [2.45, 2.75) is 20.0 Å². The van der Waals surface area contributed by atoms with Gasteiger partial charge in [0.25, 0.3) is 0 Å². The number of nitrogens with one attached hydrogen (secondary N) is 1. The lowest BCUT2D eigenvalue weighted by Gasteiger charge is -2.09. The SMILES string of the molecule is CC(C)OC(=O)Nc1ccc(C=CC(=O)O)cc1. The van der Waals surface area contributed by atoms with Crippen molar-refractivity contribution in [3.63, 3.8) is 0 Å². The van der Waals surface area contributed by atoms with E-state index < -0.39 is 12.1 Å². The van der Waals surface area contributed by atoms with E-state index in [9.17, 15) is 9.59 Å². The molecule has 5 heteroatoms. The Hall–Kier alpha value is -2.30. The summed E-state index contributed by atoms with van der Waals surface area (Å²) >= 11 is 0. The zero-order valence-electron chi connectivity index (χ0n) is 10.2. The summed E-state index contributed by atoms with van der Waals surface area (Å²) in [6, 6.07) is 6.74. The third kappa shape index (κ3) is 5.16. The van der Waals surface area contributed by atoms with Crippen LogP contribution in [0.1, 0.15) is 19.4 Å². The lowest BCUT2D eigenvalue weighted by molar-refractivity contribution is -0.131. The van der Waals surface area contributed by atoms with Gasteiger partial charge in [-0.05, 0) is 37.6 Å². The van der Waals surface area contributed by atoms with Crippen LogP contribution in [-0.4, -0.2) is 23.3 Å². The monoisotopic (exact) mass is 249 g/mol. The molecule has 0 bridgehead atoms. The topological polar surface area (TPSA) is 75.6 Å². The van der Waals surface area contributed by atoms with Gasteiger partial charge in [0.2, 0.25) is 0 Å². The molecule has 0 aliphatic carbocycles. The molecule has 1 aromatic rings. The van der Waals surface area contributed by atoms with Gasteiger partial charge in [0, 0.05) is 11.8 Å². The lowest BCUT2D eigenvalue weighted by atomic mass is 10.2. The number of benzene rings is 1. The van der Waals surface area contributed by atoms with Gasteiger partial charge in [-0.15, -0.1) is 0 Å². The Morgan fingerprint density at radius 1 is 1.28 bits per heavy atom. The van der Waals surface area contributed by atoms with Crippen LogP contribution >= 0.6 is 0 Å². The number of ether oxygens (including phenoxy) is 1. The summed E-state index contributed by atoms with van der Waals surface area (Å²) in [7, 11) is 0. The molecule has 0 saturated carbocycles. The Kier molecular flexibility index (Phi) is 4.92. The normalized spacial score (nSPS) is 10.6. The van der Waals surface area contributed by atoms with Crippen LogP contribution in [0, 0.1) is 0 Å². The van der Waals surface area contributed by atoms with Crippen molar-refractivity contribution in [3.05, 3.63) is 35.9 Å². The highest BCUT2D eigenvalue weighted by Gasteiger charge is 2.04. The Bertz CT molecular complexity index is 449. The van der Waals surface area contributed by atoms with Crippen LogP contribution in [0.5, 0.6) is 0 Å². The van der Waals surface area contributed by atoms with E-state index >= 15 is 0 Å². The van der Waals surface area contributed by atoms with Crippen molar-refractivity contribution in [2.75, 3.05) is 5.32 Å². The van der Waals surface area contributed by atoms with Gasteiger partial charge in [0.1, 0.15) is 0 Å². The van der Waals surface area contributed by atoms with Crippen molar-refractivity contribution in [1.82, 2.24) is 0 Å². The summed E-state index contributed by atoms with van der Waals surface area (Å²) in [5.41, 5.74) is 1.33. The van der Waals surface area contributed by atoms with E-state index in [4.69, 9.17) is 9.84 Å². The van der Waals surface area contributed by atoms with Crippen LogP contribution in [0.4, 0.5) is 10.5 Å². The van der Waals surface area contributed by atoms with E-state index in [1.165, 1.54) is 6.08 Å². The number of anilines is 1. The molecular formula is C13H15NO4. The largest absolute Gasteiger partial charge is 0.478 e. The van der Waals surface area contributed by atoms with E-state index in [0.29, 0.717) is 5.69 Å². The molecule has 0 aromatic heterocycles. The average molecular weight is 249 g/mol. The zero-order valence-corrected chi connectivity index (χ0v) is 10.2. The second-order valence-corrected chi connectivity index (χ2v) is 3.87. The Morgan fingerprint density at radius 3 is 2.39 bits per heavy atom. The van der Waals surface area contributed by atoms with E-state index in [1.54, 1.807) is 38.1 Å². The van der Waals surface area contributed by atoms with Crippen molar-refractivity contribution < 1.29 is 19.4 Å². The molecule has 0 fully saturated rings. The Morgan fingerprint density at radius 2 is 1.89 bits per heavy atom. The second-order valence-electron chi connectivity index (χ2n) is 3.87. The van der Waals surface area contributed by atoms with Gasteiger partial charge in [0.15, 0.2) is 0 Å². The fraction of sp³-hybridized carbons (Fsp3) is 0.231. The molecule has 96 valence electrons. The Balaban J connectivity index is 2.60.